The molecule has 2 aliphatic rings. The van der Waals surface area contributed by atoms with Crippen LogP contribution in [0.2, 0.25) is 0 Å². The molecule has 2 aliphatic carbocycles. The van der Waals surface area contributed by atoms with E-state index in [1.807, 2.05) is 0 Å². The maximum Gasteiger partial charge on any atom is 0.0732 e. The Morgan fingerprint density at radius 2 is 0.705 bits per heavy atom. The van der Waals surface area contributed by atoms with Crippen LogP contribution in [-0.2, 0) is 5.41 Å². The molecule has 0 saturated heterocycles. The number of benzene rings is 10. The molecule has 0 amide bonds. The van der Waals surface area contributed by atoms with Gasteiger partial charge in [-0.2, -0.15) is 0 Å². The van der Waals surface area contributed by atoms with Gasteiger partial charge in [-0.25, -0.2) is 0 Å². The number of fused-ring (bicyclic) bond motifs is 12. The Kier molecular flexibility index (Phi) is 8.11. The molecule has 0 bridgehead atoms. The van der Waals surface area contributed by atoms with Gasteiger partial charge in [0.05, 0.1) is 5.41 Å². The second-order valence-corrected chi connectivity index (χ2v) is 16.1. The first-order valence-electron chi connectivity index (χ1n) is 21.1. The molecule has 10 aromatic carbocycles. The lowest BCUT2D eigenvalue weighted by atomic mass is 9.69. The zero-order valence-corrected chi connectivity index (χ0v) is 33.5. The number of nitrogens with zero attached hydrogens (tertiary/aromatic N) is 2. The van der Waals surface area contributed by atoms with Gasteiger partial charge in [-0.3, -0.25) is 0 Å². The molecule has 0 aliphatic heterocycles. The molecule has 1 unspecified atom stereocenters. The minimum Gasteiger partial charge on any atom is -0.310 e. The van der Waals surface area contributed by atoms with Crippen LogP contribution in [0.25, 0.3) is 44.2 Å². The van der Waals surface area contributed by atoms with Gasteiger partial charge in [0, 0.05) is 34.1 Å². The van der Waals surface area contributed by atoms with Crippen LogP contribution in [0.15, 0.2) is 243 Å². The molecule has 61 heavy (non-hydrogen) atoms. The lowest BCUT2D eigenvalue weighted by Gasteiger charge is -2.33. The van der Waals surface area contributed by atoms with E-state index in [1.165, 1.54) is 66.4 Å². The second-order valence-electron chi connectivity index (χ2n) is 16.1. The third-order valence-corrected chi connectivity index (χ3v) is 12.8. The molecule has 2 nitrogen and oxygen atoms in total. The summed E-state index contributed by atoms with van der Waals surface area (Å²) in [7, 11) is 0. The third-order valence-electron chi connectivity index (χ3n) is 12.8. The fourth-order valence-corrected chi connectivity index (χ4v) is 10.3. The van der Waals surface area contributed by atoms with Crippen LogP contribution in [-0.4, -0.2) is 0 Å². The topological polar surface area (TPSA) is 6.48 Å². The summed E-state index contributed by atoms with van der Waals surface area (Å²) in [4.78, 5) is 4.78. The zero-order chi connectivity index (χ0) is 40.3. The molecule has 286 valence electrons. The molecule has 0 saturated carbocycles. The molecule has 0 N–H and O–H groups in total. The Morgan fingerprint density at radius 1 is 0.262 bits per heavy atom. The molecule has 10 aromatic rings. The van der Waals surface area contributed by atoms with Gasteiger partial charge < -0.3 is 9.80 Å². The first kappa shape index (κ1) is 35.0. The van der Waals surface area contributed by atoms with E-state index in [-0.39, 0.29) is 0 Å². The van der Waals surface area contributed by atoms with E-state index < -0.39 is 5.41 Å². The van der Waals surface area contributed by atoms with E-state index in [1.54, 1.807) is 0 Å². The Morgan fingerprint density at radius 3 is 1.38 bits per heavy atom. The number of rotatable bonds is 7. The molecule has 1 spiro atoms. The molecular weight excluding hydrogens is 737 g/mol. The fourth-order valence-electron chi connectivity index (χ4n) is 10.3. The van der Waals surface area contributed by atoms with Crippen LogP contribution in [0.3, 0.4) is 0 Å². The minimum absolute atomic E-state index is 0.491. The van der Waals surface area contributed by atoms with E-state index in [9.17, 15) is 0 Å². The third kappa shape index (κ3) is 5.43. The van der Waals surface area contributed by atoms with Gasteiger partial charge in [-0.15, -0.1) is 0 Å². The molecule has 12 rings (SSSR count). The summed E-state index contributed by atoms with van der Waals surface area (Å²) in [5, 5.41) is 2.56. The largest absolute Gasteiger partial charge is 0.310 e. The number of hydrogen-bond acceptors (Lipinski definition) is 2. The first-order chi connectivity index (χ1) is 30.3. The van der Waals surface area contributed by atoms with Crippen LogP contribution in [0.4, 0.5) is 34.1 Å². The van der Waals surface area contributed by atoms with E-state index in [0.29, 0.717) is 0 Å². The van der Waals surface area contributed by atoms with Gasteiger partial charge >= 0.3 is 0 Å². The lowest BCUT2D eigenvalue weighted by molar-refractivity contribution is 0.801. The molecule has 0 radical (unpaired) electrons. The Labute approximate surface area is 356 Å². The smallest absolute Gasteiger partial charge is 0.0732 e. The van der Waals surface area contributed by atoms with Crippen molar-refractivity contribution in [2.75, 3.05) is 9.80 Å². The summed E-state index contributed by atoms with van der Waals surface area (Å²) in [6, 6.07) is 88.9. The maximum absolute atomic E-state index is 2.49. The van der Waals surface area contributed by atoms with Gasteiger partial charge in [-0.05, 0) is 133 Å². The molecule has 0 heterocycles. The monoisotopic (exact) mass is 776 g/mol. The highest BCUT2D eigenvalue weighted by molar-refractivity contribution is 6.04. The summed E-state index contributed by atoms with van der Waals surface area (Å²) in [6.07, 6.45) is 0. The highest BCUT2D eigenvalue weighted by Crippen LogP contribution is 2.64. The summed E-state index contributed by atoms with van der Waals surface area (Å²) < 4.78 is 0. The molecule has 2 heteroatoms. The maximum atomic E-state index is 2.49. The SMILES string of the molecule is c1ccc(-c2ccc(N(c3ccccc3)c3cccc(N(c4ccccc4)c4ccc5c(c4)C4(c6ccccc6-5)c5ccccc5-c5ccc6ccccc6c54)c3)cc2)cc1. The lowest BCUT2D eigenvalue weighted by Crippen LogP contribution is -2.26. The molecule has 1 atom stereocenters. The predicted molar refractivity (Wildman–Crippen MR) is 255 cm³/mol. The van der Waals surface area contributed by atoms with E-state index in [2.05, 4.69) is 252 Å². The van der Waals surface area contributed by atoms with Crippen molar-refractivity contribution in [2.24, 2.45) is 0 Å². The van der Waals surface area contributed by atoms with E-state index >= 15 is 0 Å². The molecular formula is C59H40N2. The average Bonchev–Trinajstić information content (AvgIpc) is 3.80. The van der Waals surface area contributed by atoms with Gasteiger partial charge in [0.25, 0.3) is 0 Å². The number of anilines is 6. The fraction of sp³-hybridized carbons (Fsp3) is 0.0169. The summed E-state index contributed by atoms with van der Waals surface area (Å²) in [6.45, 7) is 0. The first-order valence-corrected chi connectivity index (χ1v) is 21.1. The summed E-state index contributed by atoms with van der Waals surface area (Å²) in [5.41, 5.74) is 19.0. The second kappa shape index (κ2) is 14.1. The number of para-hydroxylation sites is 2. The van der Waals surface area contributed by atoms with Crippen molar-refractivity contribution in [3.8, 4) is 33.4 Å². The highest BCUT2D eigenvalue weighted by Gasteiger charge is 2.52. The van der Waals surface area contributed by atoms with Crippen molar-refractivity contribution in [1.82, 2.24) is 0 Å². The van der Waals surface area contributed by atoms with Gasteiger partial charge in [0.15, 0.2) is 0 Å². The summed E-state index contributed by atoms with van der Waals surface area (Å²) >= 11 is 0. The van der Waals surface area contributed by atoms with Crippen molar-refractivity contribution in [3.05, 3.63) is 265 Å². The van der Waals surface area contributed by atoms with Crippen LogP contribution in [0.1, 0.15) is 22.3 Å². The van der Waals surface area contributed by atoms with Crippen LogP contribution >= 0.6 is 0 Å². The number of hydrogen-bond donors (Lipinski definition) is 0. The van der Waals surface area contributed by atoms with Crippen molar-refractivity contribution in [3.63, 3.8) is 0 Å². The van der Waals surface area contributed by atoms with Gasteiger partial charge in [0.1, 0.15) is 0 Å². The zero-order valence-electron chi connectivity index (χ0n) is 33.5. The van der Waals surface area contributed by atoms with E-state index in [0.717, 1.165) is 34.1 Å². The van der Waals surface area contributed by atoms with Gasteiger partial charge in [-0.1, -0.05) is 176 Å². The van der Waals surface area contributed by atoms with Crippen LogP contribution in [0.5, 0.6) is 0 Å². The van der Waals surface area contributed by atoms with Crippen LogP contribution < -0.4 is 9.80 Å². The Balaban J connectivity index is 1.06. The van der Waals surface area contributed by atoms with Crippen LogP contribution in [0, 0.1) is 0 Å². The quantitative estimate of drug-likeness (QED) is 0.159. The predicted octanol–water partition coefficient (Wildman–Crippen LogP) is 15.8. The normalized spacial score (nSPS) is 14.3. The van der Waals surface area contributed by atoms with Crippen molar-refractivity contribution < 1.29 is 0 Å². The standard InChI is InChI=1S/C59H40N2/c1-4-17-41(18-5-1)42-31-34-46(35-32-42)60(44-20-6-2-7-21-44)47-24-16-25-48(39-47)61(45-22-8-3-9-23-45)49-36-38-53-51-27-12-14-29-55(51)59(57(53)40-49)56-30-15-13-28-52(56)54-37-33-43-19-10-11-26-50(43)58(54)59/h1-40H. The van der Waals surface area contributed by atoms with Crippen molar-refractivity contribution >= 4 is 44.9 Å². The molecule has 0 fully saturated rings. The highest BCUT2D eigenvalue weighted by atomic mass is 15.2. The van der Waals surface area contributed by atoms with Crippen molar-refractivity contribution in [1.29, 1.82) is 0 Å². The molecule has 0 aromatic heterocycles. The summed E-state index contributed by atoms with van der Waals surface area (Å²) in [5.74, 6) is 0. The Bertz CT molecular complexity index is 3230. The van der Waals surface area contributed by atoms with Crippen molar-refractivity contribution in [2.45, 2.75) is 5.41 Å². The Hall–Kier alpha value is -7.94. The minimum atomic E-state index is -0.491. The van der Waals surface area contributed by atoms with Gasteiger partial charge in [0.2, 0.25) is 0 Å². The van der Waals surface area contributed by atoms with E-state index in [4.69, 9.17) is 0 Å². The average molecular weight is 777 g/mol.